The lowest BCUT2D eigenvalue weighted by Gasteiger charge is -2.21. The van der Waals surface area contributed by atoms with Gasteiger partial charge in [-0.05, 0) is 32.3 Å². The number of ether oxygens (including phenoxy) is 3. The third-order valence-electron chi connectivity index (χ3n) is 4.46. The second-order valence-corrected chi connectivity index (χ2v) is 6.33. The van der Waals surface area contributed by atoms with Crippen LogP contribution in [0, 0.1) is 0 Å². The van der Waals surface area contributed by atoms with Crippen molar-refractivity contribution < 1.29 is 23.8 Å². The van der Waals surface area contributed by atoms with Crippen LogP contribution in [0.5, 0.6) is 11.5 Å². The maximum atomic E-state index is 12.9. The highest BCUT2D eigenvalue weighted by Gasteiger charge is 2.25. The van der Waals surface area contributed by atoms with Crippen molar-refractivity contribution in [1.82, 2.24) is 4.90 Å². The van der Waals surface area contributed by atoms with Crippen LogP contribution in [0.4, 0.5) is 5.69 Å². The van der Waals surface area contributed by atoms with Crippen molar-refractivity contribution in [2.45, 2.75) is 32.3 Å². The predicted octanol–water partition coefficient (Wildman–Crippen LogP) is 2.86. The molecule has 7 heteroatoms. The van der Waals surface area contributed by atoms with Crippen LogP contribution >= 0.6 is 0 Å². The van der Waals surface area contributed by atoms with Gasteiger partial charge < -0.3 is 24.4 Å². The third-order valence-corrected chi connectivity index (χ3v) is 4.46. The first-order chi connectivity index (χ1) is 13.0. The van der Waals surface area contributed by atoms with Gasteiger partial charge in [0.25, 0.3) is 11.8 Å². The molecule has 0 aromatic heterocycles. The molecular weight excluding hydrogens is 348 g/mol. The molecule has 1 N–H and O–H groups in total. The van der Waals surface area contributed by atoms with E-state index >= 15 is 0 Å². The molecular formula is C20H28N2O5. The summed E-state index contributed by atoms with van der Waals surface area (Å²) in [6.07, 6.45) is 3.69. The molecule has 1 fully saturated rings. The van der Waals surface area contributed by atoms with Gasteiger partial charge in [0.1, 0.15) is 6.10 Å². The minimum absolute atomic E-state index is 0.135. The number of hydrogen-bond acceptors (Lipinski definition) is 5. The molecule has 0 aliphatic carbocycles. The van der Waals surface area contributed by atoms with Crippen LogP contribution in [0.3, 0.4) is 0 Å². The Labute approximate surface area is 160 Å². The van der Waals surface area contributed by atoms with E-state index in [2.05, 4.69) is 11.9 Å². The number of carbonyl (C=O) groups excluding carboxylic acids is 2. The average molecular weight is 376 g/mol. The zero-order chi connectivity index (χ0) is 19.8. The Morgan fingerprint density at radius 3 is 2.44 bits per heavy atom. The molecule has 1 aromatic rings. The summed E-state index contributed by atoms with van der Waals surface area (Å²) in [5, 5.41) is 2.79. The number of amides is 2. The van der Waals surface area contributed by atoms with Crippen molar-refractivity contribution >= 4 is 17.5 Å². The summed E-state index contributed by atoms with van der Waals surface area (Å²) in [6.45, 7) is 7.12. The molecule has 1 atom stereocenters. The number of nitrogens with zero attached hydrogens (tertiary/aromatic N) is 1. The van der Waals surface area contributed by atoms with E-state index in [0.29, 0.717) is 48.9 Å². The summed E-state index contributed by atoms with van der Waals surface area (Å²) in [4.78, 5) is 27.2. The van der Waals surface area contributed by atoms with E-state index in [4.69, 9.17) is 14.2 Å². The Balaban J connectivity index is 2.27. The fraction of sp³-hybridized carbons (Fsp3) is 0.500. The Morgan fingerprint density at radius 2 is 1.85 bits per heavy atom. The number of benzene rings is 1. The number of carbonyl (C=O) groups is 2. The molecule has 2 rings (SSSR count). The van der Waals surface area contributed by atoms with Crippen LogP contribution < -0.4 is 14.8 Å². The quantitative estimate of drug-likeness (QED) is 0.530. The first-order valence-corrected chi connectivity index (χ1v) is 9.10. The van der Waals surface area contributed by atoms with Gasteiger partial charge in [-0.2, -0.15) is 0 Å². The number of nitrogens with one attached hydrogen (secondary N) is 1. The monoisotopic (exact) mass is 376 g/mol. The number of anilines is 1. The van der Waals surface area contributed by atoms with Gasteiger partial charge in [0, 0.05) is 19.2 Å². The van der Waals surface area contributed by atoms with Crippen LogP contribution in [-0.2, 0) is 9.53 Å². The van der Waals surface area contributed by atoms with Crippen LogP contribution in [-0.4, -0.2) is 56.7 Å². The maximum Gasteiger partial charge on any atom is 0.256 e. The first-order valence-electron chi connectivity index (χ1n) is 9.10. The fourth-order valence-corrected chi connectivity index (χ4v) is 2.89. The van der Waals surface area contributed by atoms with E-state index in [-0.39, 0.29) is 11.8 Å². The summed E-state index contributed by atoms with van der Waals surface area (Å²) in [5.74, 6) is 0.407. The summed E-state index contributed by atoms with van der Waals surface area (Å²) in [6, 6.07) is 3.22. The van der Waals surface area contributed by atoms with Crippen molar-refractivity contribution in [1.29, 1.82) is 0 Å². The Morgan fingerprint density at radius 1 is 1.22 bits per heavy atom. The van der Waals surface area contributed by atoms with E-state index in [9.17, 15) is 9.59 Å². The first kappa shape index (κ1) is 20.8. The lowest BCUT2D eigenvalue weighted by atomic mass is 10.1. The van der Waals surface area contributed by atoms with Gasteiger partial charge in [0.15, 0.2) is 11.5 Å². The number of rotatable bonds is 9. The van der Waals surface area contributed by atoms with Gasteiger partial charge in [-0.25, -0.2) is 0 Å². The Hall–Kier alpha value is -2.54. The van der Waals surface area contributed by atoms with Crippen molar-refractivity contribution in [3.05, 3.63) is 30.4 Å². The Bertz CT molecular complexity index is 683. The average Bonchev–Trinajstić information content (AvgIpc) is 3.21. The van der Waals surface area contributed by atoms with Crippen molar-refractivity contribution in [3.63, 3.8) is 0 Å². The van der Waals surface area contributed by atoms with Crippen LogP contribution in [0.1, 0.15) is 36.5 Å². The smallest absolute Gasteiger partial charge is 0.256 e. The number of likely N-dealkylation sites (tertiary alicyclic amines) is 1. The Kier molecular flexibility index (Phi) is 7.67. The van der Waals surface area contributed by atoms with E-state index in [1.807, 2.05) is 0 Å². The van der Waals surface area contributed by atoms with Crippen LogP contribution in [0.25, 0.3) is 0 Å². The second-order valence-electron chi connectivity index (χ2n) is 6.33. The van der Waals surface area contributed by atoms with Crippen molar-refractivity contribution in [2.24, 2.45) is 0 Å². The van der Waals surface area contributed by atoms with Crippen LogP contribution in [0.15, 0.2) is 24.8 Å². The van der Waals surface area contributed by atoms with Crippen molar-refractivity contribution in [2.75, 3.05) is 39.2 Å². The fourth-order valence-electron chi connectivity index (χ4n) is 2.89. The third kappa shape index (κ3) is 5.23. The number of methoxy groups -OCH3 is 2. The van der Waals surface area contributed by atoms with Crippen LogP contribution in [0.2, 0.25) is 0 Å². The molecule has 7 nitrogen and oxygen atoms in total. The van der Waals surface area contributed by atoms with E-state index in [1.165, 1.54) is 14.2 Å². The highest BCUT2D eigenvalue weighted by atomic mass is 16.5. The standard InChI is InChI=1S/C20H28N2O5/c1-5-6-11-27-14(2)19(23)21-16-13-18(26-4)17(25-3)12-15(16)20(24)22-9-7-8-10-22/h5,12-14H,1,6-11H2,2-4H3,(H,21,23). The normalized spacial score (nSPS) is 14.6. The molecule has 148 valence electrons. The summed E-state index contributed by atoms with van der Waals surface area (Å²) in [7, 11) is 3.02. The molecule has 1 aliphatic heterocycles. The largest absolute Gasteiger partial charge is 0.493 e. The molecule has 0 radical (unpaired) electrons. The highest BCUT2D eigenvalue weighted by molar-refractivity contribution is 6.05. The molecule has 1 heterocycles. The minimum atomic E-state index is -0.659. The topological polar surface area (TPSA) is 77.1 Å². The minimum Gasteiger partial charge on any atom is -0.493 e. The van der Waals surface area contributed by atoms with Gasteiger partial charge in [-0.3, -0.25) is 9.59 Å². The summed E-state index contributed by atoms with van der Waals surface area (Å²) < 4.78 is 16.1. The molecule has 2 amide bonds. The van der Waals surface area contributed by atoms with Gasteiger partial charge in [-0.1, -0.05) is 6.08 Å². The maximum absolute atomic E-state index is 12.9. The zero-order valence-electron chi connectivity index (χ0n) is 16.2. The van der Waals surface area contributed by atoms with Gasteiger partial charge in [-0.15, -0.1) is 6.58 Å². The lowest BCUT2D eigenvalue weighted by Crippen LogP contribution is -2.31. The van der Waals surface area contributed by atoms with Gasteiger partial charge >= 0.3 is 0 Å². The van der Waals surface area contributed by atoms with E-state index < -0.39 is 6.10 Å². The predicted molar refractivity (Wildman–Crippen MR) is 104 cm³/mol. The molecule has 0 spiro atoms. The summed E-state index contributed by atoms with van der Waals surface area (Å²) >= 11 is 0. The van der Waals surface area contributed by atoms with Gasteiger partial charge in [0.05, 0.1) is 32.1 Å². The molecule has 0 saturated carbocycles. The van der Waals surface area contributed by atoms with Crippen molar-refractivity contribution in [3.8, 4) is 11.5 Å². The lowest BCUT2D eigenvalue weighted by molar-refractivity contribution is -0.126. The highest BCUT2D eigenvalue weighted by Crippen LogP contribution is 2.34. The molecule has 1 aromatic carbocycles. The zero-order valence-corrected chi connectivity index (χ0v) is 16.2. The van der Waals surface area contributed by atoms with Gasteiger partial charge in [0.2, 0.25) is 0 Å². The molecule has 1 saturated heterocycles. The molecule has 27 heavy (non-hydrogen) atoms. The molecule has 1 aliphatic rings. The SMILES string of the molecule is C=CCCOC(C)C(=O)Nc1cc(OC)c(OC)cc1C(=O)N1CCCC1. The molecule has 0 bridgehead atoms. The molecule has 1 unspecified atom stereocenters. The second kappa shape index (κ2) is 9.97. The summed E-state index contributed by atoms with van der Waals surface area (Å²) in [5.41, 5.74) is 0.759. The van der Waals surface area contributed by atoms with E-state index in [0.717, 1.165) is 12.8 Å². The number of hydrogen-bond donors (Lipinski definition) is 1. The van der Waals surface area contributed by atoms with E-state index in [1.54, 1.807) is 30.0 Å².